The van der Waals surface area contributed by atoms with Crippen LogP contribution in [-0.2, 0) is 5.75 Å². The van der Waals surface area contributed by atoms with Crippen molar-refractivity contribution in [2.24, 2.45) is 0 Å². The van der Waals surface area contributed by atoms with Crippen molar-refractivity contribution < 1.29 is 4.74 Å². The summed E-state index contributed by atoms with van der Waals surface area (Å²) < 4.78 is 5.19. The van der Waals surface area contributed by atoms with Gasteiger partial charge in [-0.05, 0) is 38.1 Å². The van der Waals surface area contributed by atoms with E-state index in [2.05, 4.69) is 50.2 Å². The second kappa shape index (κ2) is 7.20. The summed E-state index contributed by atoms with van der Waals surface area (Å²) in [7, 11) is 1.69. The molecule has 0 atom stereocenters. The van der Waals surface area contributed by atoms with Gasteiger partial charge < -0.3 is 4.74 Å². The van der Waals surface area contributed by atoms with Gasteiger partial charge in [-0.3, -0.25) is 0 Å². The van der Waals surface area contributed by atoms with Crippen molar-refractivity contribution >= 4 is 23.1 Å². The number of aryl methyl sites for hydroxylation is 2. The molecule has 0 aliphatic carbocycles. The molecule has 0 fully saturated rings. The first kappa shape index (κ1) is 16.1. The second-order valence-corrected chi connectivity index (χ2v) is 7.49. The number of rotatable bonds is 5. The highest BCUT2D eigenvalue weighted by Gasteiger charge is 2.10. The zero-order valence-corrected chi connectivity index (χ0v) is 15.1. The van der Waals surface area contributed by atoms with Crippen LogP contribution in [0.5, 0.6) is 5.75 Å². The van der Waals surface area contributed by atoms with E-state index in [0.717, 1.165) is 22.2 Å². The van der Waals surface area contributed by atoms with E-state index in [1.54, 1.807) is 18.4 Å². The first-order valence-electron chi connectivity index (χ1n) is 7.46. The van der Waals surface area contributed by atoms with E-state index in [1.807, 2.05) is 23.9 Å². The lowest BCUT2D eigenvalue weighted by atomic mass is 10.2. The number of aromatic nitrogens is 1. The molecule has 4 heteroatoms. The molecule has 1 heterocycles. The largest absolute Gasteiger partial charge is 0.497 e. The summed E-state index contributed by atoms with van der Waals surface area (Å²) in [4.78, 5) is 7.32. The highest BCUT2D eigenvalue weighted by Crippen LogP contribution is 2.33. The van der Waals surface area contributed by atoms with Crippen LogP contribution >= 0.6 is 23.1 Å². The minimum Gasteiger partial charge on any atom is -0.497 e. The molecular weight excluding hydrogens is 322 g/mol. The van der Waals surface area contributed by atoms with Crippen LogP contribution in [0.25, 0.3) is 10.6 Å². The lowest BCUT2D eigenvalue weighted by molar-refractivity contribution is 0.414. The van der Waals surface area contributed by atoms with Crippen molar-refractivity contribution in [3.05, 3.63) is 64.7 Å². The molecule has 0 spiro atoms. The van der Waals surface area contributed by atoms with Crippen molar-refractivity contribution in [1.82, 2.24) is 4.98 Å². The average molecular weight is 342 g/mol. The molecule has 3 aromatic rings. The van der Waals surface area contributed by atoms with Crippen molar-refractivity contribution in [2.75, 3.05) is 7.11 Å². The number of benzene rings is 2. The molecule has 0 N–H and O–H groups in total. The molecule has 1 aromatic heterocycles. The van der Waals surface area contributed by atoms with E-state index in [0.29, 0.717) is 0 Å². The fraction of sp³-hybridized carbons (Fsp3) is 0.211. The van der Waals surface area contributed by atoms with E-state index in [4.69, 9.17) is 9.72 Å². The zero-order valence-electron chi connectivity index (χ0n) is 13.5. The number of hydrogen-bond donors (Lipinski definition) is 0. The molecule has 0 aliphatic heterocycles. The maximum Gasteiger partial charge on any atom is 0.123 e. The summed E-state index contributed by atoms with van der Waals surface area (Å²) in [5.41, 5.74) is 3.60. The van der Waals surface area contributed by atoms with Crippen molar-refractivity contribution in [3.8, 4) is 16.3 Å². The van der Waals surface area contributed by atoms with Crippen LogP contribution in [0.3, 0.4) is 0 Å². The summed E-state index contributed by atoms with van der Waals surface area (Å²) in [6, 6.07) is 16.8. The van der Waals surface area contributed by atoms with Gasteiger partial charge in [0.25, 0.3) is 0 Å². The molecule has 3 rings (SSSR count). The number of methoxy groups -OCH3 is 1. The number of ether oxygens (including phenoxy) is 1. The standard InChI is InChI=1S/C19H19NOS2/c1-13-4-6-15(7-5-13)19-20-14(2)18(23-19)12-22-17-10-8-16(21-3)9-11-17/h4-11H,12H2,1-3H3. The van der Waals surface area contributed by atoms with Gasteiger partial charge in [-0.15, -0.1) is 23.1 Å². The maximum absolute atomic E-state index is 5.19. The zero-order chi connectivity index (χ0) is 16.2. The SMILES string of the molecule is COc1ccc(SCc2sc(-c3ccc(C)cc3)nc2C)cc1. The predicted molar refractivity (Wildman–Crippen MR) is 99.6 cm³/mol. The molecule has 0 amide bonds. The van der Waals surface area contributed by atoms with Crippen LogP contribution in [0, 0.1) is 13.8 Å². The van der Waals surface area contributed by atoms with Crippen LogP contribution in [0.2, 0.25) is 0 Å². The Labute approximate surface area is 145 Å². The van der Waals surface area contributed by atoms with Gasteiger partial charge in [0.2, 0.25) is 0 Å². The van der Waals surface area contributed by atoms with Gasteiger partial charge in [0, 0.05) is 21.1 Å². The summed E-state index contributed by atoms with van der Waals surface area (Å²) in [6.45, 7) is 4.20. The molecule has 0 bridgehead atoms. The van der Waals surface area contributed by atoms with Crippen LogP contribution < -0.4 is 4.74 Å². The molecule has 0 radical (unpaired) electrons. The minimum atomic E-state index is 0.893. The Hall–Kier alpha value is -1.78. The van der Waals surface area contributed by atoms with Gasteiger partial charge in [-0.1, -0.05) is 29.8 Å². The topological polar surface area (TPSA) is 22.1 Å². The maximum atomic E-state index is 5.19. The number of thioether (sulfide) groups is 1. The quantitative estimate of drug-likeness (QED) is 0.553. The third-order valence-corrected chi connectivity index (χ3v) is 6.05. The van der Waals surface area contributed by atoms with E-state index in [9.17, 15) is 0 Å². The van der Waals surface area contributed by atoms with E-state index in [-0.39, 0.29) is 0 Å². The summed E-state index contributed by atoms with van der Waals surface area (Å²) in [6.07, 6.45) is 0. The second-order valence-electron chi connectivity index (χ2n) is 5.36. The summed E-state index contributed by atoms with van der Waals surface area (Å²) >= 11 is 3.62. The average Bonchev–Trinajstić information content (AvgIpc) is 2.95. The molecule has 0 unspecified atom stereocenters. The summed E-state index contributed by atoms with van der Waals surface area (Å²) in [5, 5.41) is 1.10. The molecule has 0 saturated carbocycles. The molecule has 0 saturated heterocycles. The first-order chi connectivity index (χ1) is 11.2. The Balaban J connectivity index is 1.72. The molecule has 118 valence electrons. The van der Waals surface area contributed by atoms with Crippen molar-refractivity contribution in [3.63, 3.8) is 0 Å². The smallest absolute Gasteiger partial charge is 0.123 e. The summed E-state index contributed by atoms with van der Waals surface area (Å²) in [5.74, 6) is 1.84. The fourth-order valence-electron chi connectivity index (χ4n) is 2.20. The highest BCUT2D eigenvalue weighted by atomic mass is 32.2. The molecule has 23 heavy (non-hydrogen) atoms. The van der Waals surface area contributed by atoms with Gasteiger partial charge in [-0.25, -0.2) is 4.98 Å². The molecule has 2 aromatic carbocycles. The van der Waals surface area contributed by atoms with Crippen LogP contribution in [0.4, 0.5) is 0 Å². The van der Waals surface area contributed by atoms with Crippen LogP contribution in [0.1, 0.15) is 16.1 Å². The number of nitrogens with zero attached hydrogens (tertiary/aromatic N) is 1. The minimum absolute atomic E-state index is 0.893. The predicted octanol–water partition coefficient (Wildman–Crippen LogP) is 5.73. The Morgan fingerprint density at radius 1 is 1.00 bits per heavy atom. The van der Waals surface area contributed by atoms with Crippen LogP contribution in [0.15, 0.2) is 53.4 Å². The lowest BCUT2D eigenvalue weighted by Crippen LogP contribution is -1.83. The Morgan fingerprint density at radius 2 is 1.70 bits per heavy atom. The van der Waals surface area contributed by atoms with E-state index in [1.165, 1.54) is 20.9 Å². The Morgan fingerprint density at radius 3 is 2.35 bits per heavy atom. The van der Waals surface area contributed by atoms with E-state index >= 15 is 0 Å². The number of hydrogen-bond acceptors (Lipinski definition) is 4. The lowest BCUT2D eigenvalue weighted by Gasteiger charge is -2.02. The van der Waals surface area contributed by atoms with Gasteiger partial charge in [0.05, 0.1) is 12.8 Å². The Bertz CT molecular complexity index is 776. The monoisotopic (exact) mass is 341 g/mol. The van der Waals surface area contributed by atoms with Crippen LogP contribution in [-0.4, -0.2) is 12.1 Å². The van der Waals surface area contributed by atoms with Crippen molar-refractivity contribution in [1.29, 1.82) is 0 Å². The van der Waals surface area contributed by atoms with Gasteiger partial charge in [0.1, 0.15) is 10.8 Å². The molecular formula is C19H19NOS2. The van der Waals surface area contributed by atoms with Gasteiger partial charge >= 0.3 is 0 Å². The van der Waals surface area contributed by atoms with Gasteiger partial charge in [-0.2, -0.15) is 0 Å². The normalized spacial score (nSPS) is 10.7. The highest BCUT2D eigenvalue weighted by molar-refractivity contribution is 7.98. The van der Waals surface area contributed by atoms with E-state index < -0.39 is 0 Å². The Kier molecular flexibility index (Phi) is 5.03. The number of thiazole rings is 1. The van der Waals surface area contributed by atoms with Crippen molar-refractivity contribution in [2.45, 2.75) is 24.5 Å². The third kappa shape index (κ3) is 3.95. The fourth-order valence-corrected chi connectivity index (χ4v) is 4.31. The van der Waals surface area contributed by atoms with Gasteiger partial charge in [0.15, 0.2) is 0 Å². The molecule has 2 nitrogen and oxygen atoms in total. The third-order valence-electron chi connectivity index (χ3n) is 3.62. The molecule has 0 aliphatic rings. The first-order valence-corrected chi connectivity index (χ1v) is 9.26.